The van der Waals surface area contributed by atoms with Crippen LogP contribution in [0.3, 0.4) is 0 Å². The maximum absolute atomic E-state index is 5.94. The van der Waals surface area contributed by atoms with E-state index in [-0.39, 0.29) is 0 Å². The summed E-state index contributed by atoms with van der Waals surface area (Å²) in [5.74, 6) is 0. The van der Waals surface area contributed by atoms with Crippen LogP contribution in [0, 0.1) is 0 Å². The molecule has 2 saturated heterocycles. The van der Waals surface area contributed by atoms with Crippen molar-refractivity contribution in [3.05, 3.63) is 0 Å². The van der Waals surface area contributed by atoms with E-state index in [0.29, 0.717) is 12.1 Å². The van der Waals surface area contributed by atoms with Crippen LogP contribution in [-0.4, -0.2) is 54.6 Å². The van der Waals surface area contributed by atoms with Crippen LogP contribution in [0.4, 0.5) is 0 Å². The van der Waals surface area contributed by atoms with E-state index >= 15 is 0 Å². The van der Waals surface area contributed by atoms with E-state index in [0.717, 1.165) is 6.04 Å². The van der Waals surface area contributed by atoms with Gasteiger partial charge in [-0.1, -0.05) is 0 Å². The molecule has 2 N–H and O–H groups in total. The number of rotatable bonds is 1. The summed E-state index contributed by atoms with van der Waals surface area (Å²) in [6.45, 7) is 6.03. The molecular weight excluding hydrogens is 162 g/mol. The Morgan fingerprint density at radius 3 is 2.54 bits per heavy atom. The molecule has 0 aromatic carbocycles. The predicted octanol–water partition coefficient (Wildman–Crippen LogP) is 0.112. The Morgan fingerprint density at radius 2 is 2.00 bits per heavy atom. The molecule has 0 aromatic rings. The molecule has 2 aliphatic rings. The Morgan fingerprint density at radius 1 is 1.31 bits per heavy atom. The minimum Gasteiger partial charge on any atom is -0.328 e. The molecule has 3 nitrogen and oxygen atoms in total. The summed E-state index contributed by atoms with van der Waals surface area (Å²) in [6.07, 6.45) is 2.37. The van der Waals surface area contributed by atoms with E-state index in [1.54, 1.807) is 0 Å². The third-order valence-electron chi connectivity index (χ3n) is 3.48. The van der Waals surface area contributed by atoms with E-state index in [4.69, 9.17) is 5.73 Å². The Labute approximate surface area is 80.9 Å². The summed E-state index contributed by atoms with van der Waals surface area (Å²) < 4.78 is 0. The van der Waals surface area contributed by atoms with Gasteiger partial charge in [0.15, 0.2) is 0 Å². The second-order valence-corrected chi connectivity index (χ2v) is 4.75. The first-order chi connectivity index (χ1) is 6.16. The number of piperidine rings is 1. The van der Waals surface area contributed by atoms with Crippen molar-refractivity contribution in [2.24, 2.45) is 5.73 Å². The fraction of sp³-hybridized carbons (Fsp3) is 1.00. The Hall–Kier alpha value is -0.120. The quantitative estimate of drug-likeness (QED) is 0.626. The first-order valence-corrected chi connectivity index (χ1v) is 5.36. The van der Waals surface area contributed by atoms with Crippen molar-refractivity contribution in [3.63, 3.8) is 0 Å². The van der Waals surface area contributed by atoms with Crippen molar-refractivity contribution in [2.75, 3.05) is 26.7 Å². The van der Waals surface area contributed by atoms with Crippen LogP contribution in [0.25, 0.3) is 0 Å². The van der Waals surface area contributed by atoms with Gasteiger partial charge in [-0.25, -0.2) is 0 Å². The van der Waals surface area contributed by atoms with Crippen molar-refractivity contribution in [1.82, 2.24) is 9.80 Å². The van der Waals surface area contributed by atoms with Crippen LogP contribution in [-0.2, 0) is 0 Å². The van der Waals surface area contributed by atoms with Gasteiger partial charge in [-0.3, -0.25) is 4.90 Å². The number of likely N-dealkylation sites (tertiary alicyclic amines) is 2. The Balaban J connectivity index is 1.86. The first kappa shape index (κ1) is 9.44. The van der Waals surface area contributed by atoms with Crippen LogP contribution in [0.2, 0.25) is 0 Å². The molecule has 0 bridgehead atoms. The summed E-state index contributed by atoms with van der Waals surface area (Å²) in [7, 11) is 2.19. The molecule has 2 rings (SSSR count). The summed E-state index contributed by atoms with van der Waals surface area (Å²) in [5.41, 5.74) is 5.94. The molecule has 0 aromatic heterocycles. The molecular formula is C10H21N3. The number of nitrogens with zero attached hydrogens (tertiary/aromatic N) is 2. The second kappa shape index (κ2) is 3.56. The zero-order valence-electron chi connectivity index (χ0n) is 8.74. The van der Waals surface area contributed by atoms with Crippen LogP contribution in [0.15, 0.2) is 0 Å². The van der Waals surface area contributed by atoms with E-state index in [9.17, 15) is 0 Å². The van der Waals surface area contributed by atoms with Gasteiger partial charge in [0.05, 0.1) is 0 Å². The average Bonchev–Trinajstić information content (AvgIpc) is 2.00. The van der Waals surface area contributed by atoms with Crippen LogP contribution < -0.4 is 5.73 Å². The molecule has 0 aliphatic carbocycles. The van der Waals surface area contributed by atoms with E-state index in [1.807, 2.05) is 0 Å². The fourth-order valence-corrected chi connectivity index (χ4v) is 2.64. The molecule has 0 spiro atoms. The van der Waals surface area contributed by atoms with Gasteiger partial charge in [0.2, 0.25) is 0 Å². The number of hydrogen-bond donors (Lipinski definition) is 1. The standard InChI is InChI=1S/C10H21N3/c1-8-5-9(11)3-4-13(8)10-6-12(2)7-10/h8-10H,3-7,11H2,1-2H3. The first-order valence-electron chi connectivity index (χ1n) is 5.36. The maximum Gasteiger partial charge on any atom is 0.0353 e. The predicted molar refractivity (Wildman–Crippen MR) is 54.7 cm³/mol. The minimum atomic E-state index is 0.448. The summed E-state index contributed by atoms with van der Waals surface area (Å²) in [6, 6.07) is 1.96. The van der Waals surface area contributed by atoms with Gasteiger partial charge in [-0.05, 0) is 26.8 Å². The molecule has 0 amide bonds. The normalized spacial score (nSPS) is 39.0. The molecule has 2 fully saturated rings. The SMILES string of the molecule is CC1CC(N)CCN1C1CN(C)C1. The van der Waals surface area contributed by atoms with Gasteiger partial charge in [0, 0.05) is 37.8 Å². The number of hydrogen-bond acceptors (Lipinski definition) is 3. The highest BCUT2D eigenvalue weighted by molar-refractivity contribution is 4.92. The highest BCUT2D eigenvalue weighted by atomic mass is 15.3. The van der Waals surface area contributed by atoms with Crippen molar-refractivity contribution < 1.29 is 0 Å². The monoisotopic (exact) mass is 183 g/mol. The second-order valence-electron chi connectivity index (χ2n) is 4.75. The van der Waals surface area contributed by atoms with Crippen molar-refractivity contribution >= 4 is 0 Å². The third kappa shape index (κ3) is 1.87. The molecule has 13 heavy (non-hydrogen) atoms. The zero-order chi connectivity index (χ0) is 9.42. The highest BCUT2D eigenvalue weighted by Gasteiger charge is 2.34. The molecule has 0 radical (unpaired) electrons. The van der Waals surface area contributed by atoms with Crippen LogP contribution >= 0.6 is 0 Å². The topological polar surface area (TPSA) is 32.5 Å². The third-order valence-corrected chi connectivity index (χ3v) is 3.48. The molecule has 2 heterocycles. The molecule has 2 atom stereocenters. The fourth-order valence-electron chi connectivity index (χ4n) is 2.64. The van der Waals surface area contributed by atoms with Gasteiger partial charge in [0.1, 0.15) is 0 Å². The van der Waals surface area contributed by atoms with Crippen molar-refractivity contribution in [3.8, 4) is 0 Å². The van der Waals surface area contributed by atoms with E-state index in [2.05, 4.69) is 23.8 Å². The lowest BCUT2D eigenvalue weighted by Gasteiger charge is -2.49. The molecule has 3 heteroatoms. The summed E-state index contributed by atoms with van der Waals surface area (Å²) in [4.78, 5) is 5.02. The van der Waals surface area contributed by atoms with Crippen molar-refractivity contribution in [1.29, 1.82) is 0 Å². The van der Waals surface area contributed by atoms with Crippen LogP contribution in [0.1, 0.15) is 19.8 Å². The Bertz CT molecular complexity index is 175. The molecule has 76 valence electrons. The van der Waals surface area contributed by atoms with Gasteiger partial charge in [-0.2, -0.15) is 0 Å². The molecule has 0 saturated carbocycles. The van der Waals surface area contributed by atoms with Gasteiger partial charge >= 0.3 is 0 Å². The summed E-state index contributed by atoms with van der Waals surface area (Å²) >= 11 is 0. The van der Waals surface area contributed by atoms with Gasteiger partial charge in [0.25, 0.3) is 0 Å². The number of likely N-dealkylation sites (N-methyl/N-ethyl adjacent to an activating group) is 1. The average molecular weight is 183 g/mol. The van der Waals surface area contributed by atoms with Crippen molar-refractivity contribution in [2.45, 2.75) is 37.9 Å². The highest BCUT2D eigenvalue weighted by Crippen LogP contribution is 2.22. The molecule has 2 aliphatic heterocycles. The minimum absolute atomic E-state index is 0.448. The maximum atomic E-state index is 5.94. The van der Waals surface area contributed by atoms with Gasteiger partial charge < -0.3 is 10.6 Å². The van der Waals surface area contributed by atoms with E-state index in [1.165, 1.54) is 32.5 Å². The smallest absolute Gasteiger partial charge is 0.0353 e. The lowest BCUT2D eigenvalue weighted by molar-refractivity contribution is 0.00710. The largest absolute Gasteiger partial charge is 0.328 e. The Kier molecular flexibility index (Phi) is 2.58. The van der Waals surface area contributed by atoms with Crippen LogP contribution in [0.5, 0.6) is 0 Å². The lowest BCUT2D eigenvalue weighted by atomic mass is 9.95. The summed E-state index contributed by atoms with van der Waals surface area (Å²) in [5, 5.41) is 0. The molecule has 2 unspecified atom stereocenters. The number of nitrogens with two attached hydrogens (primary N) is 1. The lowest BCUT2D eigenvalue weighted by Crippen LogP contribution is -2.62. The van der Waals surface area contributed by atoms with E-state index < -0.39 is 0 Å². The van der Waals surface area contributed by atoms with Gasteiger partial charge in [-0.15, -0.1) is 0 Å². The zero-order valence-corrected chi connectivity index (χ0v) is 8.74.